The van der Waals surface area contributed by atoms with Crippen molar-refractivity contribution in [3.63, 3.8) is 0 Å². The molecule has 0 aliphatic rings. The van der Waals surface area contributed by atoms with E-state index in [1.807, 2.05) is 0 Å². The molecule has 0 aliphatic heterocycles. The largest absolute Gasteiger partial charge is 0.432 e. The van der Waals surface area contributed by atoms with Crippen LogP contribution in [0.5, 0.6) is 0 Å². The molecule has 0 atom stereocenters. The summed E-state index contributed by atoms with van der Waals surface area (Å²) in [7, 11) is -5.65. The van der Waals surface area contributed by atoms with Crippen LogP contribution in [0.3, 0.4) is 0 Å². The highest BCUT2D eigenvalue weighted by atomic mass is 127. The predicted octanol–water partition coefficient (Wildman–Crippen LogP) is 2.07. The average Bonchev–Trinajstić information content (AvgIpc) is 2.17. The van der Waals surface area contributed by atoms with Crippen LogP contribution in [0, 0.1) is 0 Å². The molecule has 0 heterocycles. The maximum Gasteiger partial charge on any atom is 0.432 e. The van der Waals surface area contributed by atoms with Crippen LogP contribution in [0.2, 0.25) is 0 Å². The van der Waals surface area contributed by atoms with Crippen LogP contribution in [0.15, 0.2) is 0 Å². The number of hydrogen-bond acceptors (Lipinski definition) is 4. The van der Waals surface area contributed by atoms with Crippen LogP contribution in [0.1, 0.15) is 19.3 Å². The predicted molar refractivity (Wildman–Crippen MR) is 54.9 cm³/mol. The van der Waals surface area contributed by atoms with Gasteiger partial charge >= 0.3 is 21.3 Å². The van der Waals surface area contributed by atoms with E-state index in [1.54, 1.807) is 0 Å². The molecule has 98 valence electrons. The van der Waals surface area contributed by atoms with Gasteiger partial charge in [0.05, 0.1) is 0 Å². The van der Waals surface area contributed by atoms with E-state index < -0.39 is 40.7 Å². The Morgan fingerprint density at radius 3 is 2.06 bits per heavy atom. The summed E-state index contributed by atoms with van der Waals surface area (Å²) < 4.78 is 76.1. The van der Waals surface area contributed by atoms with E-state index in [4.69, 9.17) is 5.11 Å². The van der Waals surface area contributed by atoms with Gasteiger partial charge in [-0.2, -0.15) is 28.5 Å². The Bertz CT molecular complexity index is 318. The summed E-state index contributed by atoms with van der Waals surface area (Å²) >= 11 is 0.599. The molecule has 4 nitrogen and oxygen atoms in total. The Labute approximate surface area is 104 Å². The molecule has 0 fully saturated rings. The van der Waals surface area contributed by atoms with Crippen LogP contribution < -0.4 is 0 Å². The molecule has 0 aliphatic carbocycles. The molecule has 1 N–H and O–H groups in total. The highest BCUT2D eigenvalue weighted by molar-refractivity contribution is 14.1. The minimum absolute atomic E-state index is 0.114. The lowest BCUT2D eigenvalue weighted by molar-refractivity contribution is -0.164. The van der Waals surface area contributed by atoms with Gasteiger partial charge in [0.25, 0.3) is 0 Å². The van der Waals surface area contributed by atoms with Gasteiger partial charge in [-0.25, -0.2) is 0 Å². The van der Waals surface area contributed by atoms with E-state index in [0.717, 1.165) is 0 Å². The summed E-state index contributed by atoms with van der Waals surface area (Å²) in [5.74, 6) is -4.73. The molecule has 0 rings (SSSR count). The first-order valence-corrected chi connectivity index (χ1v) is 6.32. The summed E-state index contributed by atoms with van der Waals surface area (Å²) in [6.07, 6.45) is -1.88. The van der Waals surface area contributed by atoms with Crippen molar-refractivity contribution in [1.29, 1.82) is 0 Å². The van der Waals surface area contributed by atoms with E-state index in [0.29, 0.717) is 23.0 Å². The van der Waals surface area contributed by atoms with Gasteiger partial charge in [-0.15, -0.1) is 0 Å². The molecule has 10 heteroatoms. The van der Waals surface area contributed by atoms with Crippen molar-refractivity contribution in [2.75, 3.05) is 6.61 Å². The second kappa shape index (κ2) is 5.78. The second-order valence-corrected chi connectivity index (χ2v) is 5.54. The lowest BCUT2D eigenvalue weighted by Crippen LogP contribution is -2.46. The standard InChI is InChI=1S/C6H9F4IO4S/c7-5(8,3-1-2-4-12)6(9,10)16(13,14)15-11/h12H,1-4H2. The zero-order chi connectivity index (χ0) is 13.0. The Morgan fingerprint density at radius 2 is 1.69 bits per heavy atom. The Balaban J connectivity index is 4.85. The van der Waals surface area contributed by atoms with Crippen LogP contribution in [-0.4, -0.2) is 31.3 Å². The van der Waals surface area contributed by atoms with Gasteiger partial charge in [0.1, 0.15) is 23.0 Å². The van der Waals surface area contributed by atoms with Gasteiger partial charge < -0.3 is 5.11 Å². The molecule has 0 aromatic heterocycles. The van der Waals surface area contributed by atoms with E-state index >= 15 is 0 Å². The molecule has 0 amide bonds. The number of aliphatic hydroxyl groups excluding tert-OH is 1. The first-order chi connectivity index (χ1) is 7.12. The SMILES string of the molecule is O=S(=O)(OI)C(F)(F)C(F)(F)CCCCO. The van der Waals surface area contributed by atoms with Gasteiger partial charge in [0, 0.05) is 13.0 Å². The molecule has 0 spiro atoms. The lowest BCUT2D eigenvalue weighted by atomic mass is 10.1. The fourth-order valence-corrected chi connectivity index (χ4v) is 2.05. The van der Waals surface area contributed by atoms with Crippen molar-refractivity contribution in [3.05, 3.63) is 0 Å². The zero-order valence-electron chi connectivity index (χ0n) is 7.80. The van der Waals surface area contributed by atoms with Crippen molar-refractivity contribution in [3.8, 4) is 0 Å². The van der Waals surface area contributed by atoms with Gasteiger partial charge in [0.15, 0.2) is 0 Å². The molecule has 0 saturated carbocycles. The molecule has 0 saturated heterocycles. The van der Waals surface area contributed by atoms with E-state index in [1.165, 1.54) is 0 Å². The van der Waals surface area contributed by atoms with E-state index in [-0.39, 0.29) is 6.42 Å². The Hall–Kier alpha value is 0.320. The van der Waals surface area contributed by atoms with Gasteiger partial charge in [0.2, 0.25) is 0 Å². The van der Waals surface area contributed by atoms with E-state index in [2.05, 4.69) is 2.51 Å². The normalized spacial score (nSPS) is 14.1. The number of hydrogen-bond donors (Lipinski definition) is 1. The molecular formula is C6H9F4IO4S. The molecule has 0 aromatic rings. The summed E-state index contributed by atoms with van der Waals surface area (Å²) in [6.45, 7) is -0.433. The number of rotatable bonds is 7. The first-order valence-electron chi connectivity index (χ1n) is 4.03. The first kappa shape index (κ1) is 16.3. The third kappa shape index (κ3) is 3.40. The topological polar surface area (TPSA) is 63.6 Å². The third-order valence-corrected chi connectivity index (χ3v) is 4.23. The minimum atomic E-state index is -5.65. The van der Waals surface area contributed by atoms with Crippen molar-refractivity contribution in [1.82, 2.24) is 0 Å². The highest BCUT2D eigenvalue weighted by Crippen LogP contribution is 2.43. The maximum absolute atomic E-state index is 12.9. The van der Waals surface area contributed by atoms with Crippen LogP contribution >= 0.6 is 23.0 Å². The molecule has 0 bridgehead atoms. The van der Waals surface area contributed by atoms with Gasteiger partial charge in [-0.3, -0.25) is 0 Å². The number of unbranched alkanes of at least 4 members (excludes halogenated alkanes) is 1. The Kier molecular flexibility index (Phi) is 5.89. The fraction of sp³-hybridized carbons (Fsp3) is 1.00. The summed E-state index contributed by atoms with van der Waals surface area (Å²) in [5, 5.41) is 3.01. The van der Waals surface area contributed by atoms with Gasteiger partial charge in [-0.1, -0.05) is 0 Å². The quantitative estimate of drug-likeness (QED) is 0.418. The third-order valence-electron chi connectivity index (χ3n) is 1.72. The van der Waals surface area contributed by atoms with Crippen LogP contribution in [0.4, 0.5) is 17.6 Å². The van der Waals surface area contributed by atoms with Crippen molar-refractivity contribution >= 4 is 33.1 Å². The van der Waals surface area contributed by atoms with Crippen molar-refractivity contribution in [2.45, 2.75) is 30.4 Å². The van der Waals surface area contributed by atoms with Crippen LogP contribution in [-0.2, 0) is 12.6 Å². The summed E-state index contributed by atoms with van der Waals surface area (Å²) in [5.41, 5.74) is 0. The zero-order valence-corrected chi connectivity index (χ0v) is 10.8. The Morgan fingerprint density at radius 1 is 1.19 bits per heavy atom. The summed E-state index contributed by atoms with van der Waals surface area (Å²) in [4.78, 5) is 0. The van der Waals surface area contributed by atoms with Gasteiger partial charge in [-0.05, 0) is 12.8 Å². The highest BCUT2D eigenvalue weighted by Gasteiger charge is 2.66. The molecular weight excluding hydrogens is 371 g/mol. The molecule has 16 heavy (non-hydrogen) atoms. The lowest BCUT2D eigenvalue weighted by Gasteiger charge is -2.24. The number of halogens is 5. The van der Waals surface area contributed by atoms with Crippen molar-refractivity contribution in [2.24, 2.45) is 0 Å². The molecule has 0 unspecified atom stereocenters. The smallest absolute Gasteiger partial charge is 0.396 e. The monoisotopic (exact) mass is 380 g/mol. The molecule has 0 radical (unpaired) electrons. The average molecular weight is 380 g/mol. The maximum atomic E-state index is 12.9. The van der Waals surface area contributed by atoms with Crippen molar-refractivity contribution < 1.29 is 33.6 Å². The minimum Gasteiger partial charge on any atom is -0.396 e. The van der Waals surface area contributed by atoms with Crippen LogP contribution in [0.25, 0.3) is 0 Å². The number of aliphatic hydroxyl groups is 1. The van der Waals surface area contributed by atoms with E-state index in [9.17, 15) is 26.0 Å². The number of alkyl halides is 4. The second-order valence-electron chi connectivity index (χ2n) is 2.92. The fourth-order valence-electron chi connectivity index (χ4n) is 0.827. The summed E-state index contributed by atoms with van der Waals surface area (Å²) in [6, 6.07) is 0. The molecule has 0 aromatic carbocycles.